The maximum Gasteiger partial charge on any atom is 0.319 e. The van der Waals surface area contributed by atoms with Gasteiger partial charge in [-0.25, -0.2) is 4.79 Å². The molecule has 9 heteroatoms. The van der Waals surface area contributed by atoms with E-state index in [9.17, 15) is 9.59 Å². The Hall–Kier alpha value is -2.94. The van der Waals surface area contributed by atoms with Gasteiger partial charge in [-0.05, 0) is 40.2 Å². The molecule has 1 heterocycles. The molecule has 0 spiro atoms. The van der Waals surface area contributed by atoms with E-state index in [0.717, 1.165) is 0 Å². The van der Waals surface area contributed by atoms with E-state index in [4.69, 9.17) is 14.2 Å². The molecule has 3 rings (SSSR count). The molecule has 0 fully saturated rings. The fraction of sp³-hybridized carbons (Fsp3) is 0.263. The fourth-order valence-corrected chi connectivity index (χ4v) is 2.93. The van der Waals surface area contributed by atoms with Crippen LogP contribution in [0.25, 0.3) is 0 Å². The third-order valence-electron chi connectivity index (χ3n) is 3.89. The molecule has 0 saturated heterocycles. The molecular weight excluding hydrogens is 430 g/mol. The van der Waals surface area contributed by atoms with Gasteiger partial charge in [0.15, 0.2) is 11.5 Å². The Morgan fingerprint density at radius 2 is 1.75 bits per heavy atom. The summed E-state index contributed by atoms with van der Waals surface area (Å²) < 4.78 is 16.8. The predicted molar refractivity (Wildman–Crippen MR) is 108 cm³/mol. The van der Waals surface area contributed by atoms with Crippen molar-refractivity contribution in [3.05, 3.63) is 40.9 Å². The van der Waals surface area contributed by atoms with Gasteiger partial charge in [0.25, 0.3) is 0 Å². The van der Waals surface area contributed by atoms with E-state index < -0.39 is 6.03 Å². The molecule has 2 aromatic rings. The minimum atomic E-state index is -0.390. The van der Waals surface area contributed by atoms with Gasteiger partial charge < -0.3 is 30.2 Å². The summed E-state index contributed by atoms with van der Waals surface area (Å²) in [6.45, 7) is 1.15. The largest absolute Gasteiger partial charge is 0.497 e. The average molecular weight is 450 g/mol. The first-order chi connectivity index (χ1) is 13.5. The first kappa shape index (κ1) is 19.8. The zero-order valence-electron chi connectivity index (χ0n) is 15.2. The highest BCUT2D eigenvalue weighted by Gasteiger charge is 2.16. The summed E-state index contributed by atoms with van der Waals surface area (Å²) in [4.78, 5) is 24.1. The highest BCUT2D eigenvalue weighted by atomic mass is 79.9. The van der Waals surface area contributed by atoms with Gasteiger partial charge in [-0.15, -0.1) is 0 Å². The molecule has 8 nitrogen and oxygen atoms in total. The molecule has 0 atom stereocenters. The van der Waals surface area contributed by atoms with Gasteiger partial charge in [0.1, 0.15) is 19.0 Å². The second-order valence-corrected chi connectivity index (χ2v) is 6.74. The Bertz CT molecular complexity index is 857. The van der Waals surface area contributed by atoms with Gasteiger partial charge in [0, 0.05) is 35.3 Å². The molecule has 1 aliphatic heterocycles. The minimum Gasteiger partial charge on any atom is -0.497 e. The summed E-state index contributed by atoms with van der Waals surface area (Å²) in [5.74, 6) is 1.68. The van der Waals surface area contributed by atoms with E-state index >= 15 is 0 Å². The van der Waals surface area contributed by atoms with Crippen molar-refractivity contribution in [3.63, 3.8) is 0 Å². The van der Waals surface area contributed by atoms with Crippen LogP contribution in [-0.4, -0.2) is 38.8 Å². The number of carbonyl (C=O) groups excluding carboxylic acids is 2. The Kier molecular flexibility index (Phi) is 6.59. The van der Waals surface area contributed by atoms with Crippen molar-refractivity contribution in [1.29, 1.82) is 0 Å². The van der Waals surface area contributed by atoms with E-state index in [-0.39, 0.29) is 18.9 Å². The molecule has 0 aromatic heterocycles. The van der Waals surface area contributed by atoms with Crippen molar-refractivity contribution in [1.82, 2.24) is 5.32 Å². The second kappa shape index (κ2) is 9.32. The normalized spacial score (nSPS) is 12.1. The lowest BCUT2D eigenvalue weighted by Crippen LogP contribution is -2.31. The highest BCUT2D eigenvalue weighted by Crippen LogP contribution is 2.38. The Labute approximate surface area is 170 Å². The topological polar surface area (TPSA) is 97.9 Å². The molecule has 3 amide bonds. The lowest BCUT2D eigenvalue weighted by molar-refractivity contribution is -0.116. The molecule has 28 heavy (non-hydrogen) atoms. The van der Waals surface area contributed by atoms with E-state index in [0.29, 0.717) is 46.3 Å². The number of halogens is 1. The average Bonchev–Trinajstić information content (AvgIpc) is 2.69. The van der Waals surface area contributed by atoms with Crippen LogP contribution in [-0.2, 0) is 4.79 Å². The van der Waals surface area contributed by atoms with Gasteiger partial charge in [0.2, 0.25) is 5.91 Å². The molecule has 148 valence electrons. The van der Waals surface area contributed by atoms with Crippen molar-refractivity contribution >= 4 is 39.2 Å². The van der Waals surface area contributed by atoms with Crippen LogP contribution < -0.4 is 30.2 Å². The van der Waals surface area contributed by atoms with Crippen LogP contribution in [0.1, 0.15) is 6.42 Å². The lowest BCUT2D eigenvalue weighted by Gasteiger charge is -2.20. The van der Waals surface area contributed by atoms with Crippen molar-refractivity contribution in [2.45, 2.75) is 6.42 Å². The van der Waals surface area contributed by atoms with Gasteiger partial charge in [0.05, 0.1) is 12.8 Å². The van der Waals surface area contributed by atoms with Crippen LogP contribution in [0.3, 0.4) is 0 Å². The Balaban J connectivity index is 1.44. The predicted octanol–water partition coefficient (Wildman–Crippen LogP) is 3.38. The molecule has 1 aliphatic rings. The summed E-state index contributed by atoms with van der Waals surface area (Å²) in [6, 6.07) is 10.0. The number of benzene rings is 2. The van der Waals surface area contributed by atoms with Crippen LogP contribution in [0.2, 0.25) is 0 Å². The molecule has 0 saturated carbocycles. The number of methoxy groups -OCH3 is 1. The van der Waals surface area contributed by atoms with E-state index in [2.05, 4.69) is 31.9 Å². The molecular formula is C19H20BrN3O5. The standard InChI is InChI=1S/C19H20BrN3O5/c1-26-13-4-2-12(3-5-13)22-19(25)21-7-6-18(24)23-15-11-17-16(10-14(15)20)27-8-9-28-17/h2-5,10-11H,6-9H2,1H3,(H,23,24)(H2,21,22,25). The molecule has 3 N–H and O–H groups in total. The molecule has 2 aromatic carbocycles. The minimum absolute atomic E-state index is 0.122. The third kappa shape index (κ3) is 5.29. The third-order valence-corrected chi connectivity index (χ3v) is 4.55. The fourth-order valence-electron chi connectivity index (χ4n) is 2.51. The summed E-state index contributed by atoms with van der Waals surface area (Å²) >= 11 is 3.40. The maximum absolute atomic E-state index is 12.2. The summed E-state index contributed by atoms with van der Waals surface area (Å²) in [7, 11) is 1.57. The number of hydrogen-bond acceptors (Lipinski definition) is 5. The monoisotopic (exact) mass is 449 g/mol. The van der Waals surface area contributed by atoms with Crippen molar-refractivity contribution in [2.24, 2.45) is 0 Å². The van der Waals surface area contributed by atoms with Crippen LogP contribution in [0.5, 0.6) is 17.2 Å². The molecule has 0 radical (unpaired) electrons. The summed E-state index contributed by atoms with van der Waals surface area (Å²) in [6.07, 6.45) is 0.122. The second-order valence-electron chi connectivity index (χ2n) is 5.88. The number of amides is 3. The Morgan fingerprint density at radius 3 is 2.43 bits per heavy atom. The van der Waals surface area contributed by atoms with E-state index in [1.54, 1.807) is 43.5 Å². The Morgan fingerprint density at radius 1 is 1.07 bits per heavy atom. The number of fused-ring (bicyclic) bond motifs is 1. The molecule has 0 aliphatic carbocycles. The summed E-state index contributed by atoms with van der Waals surface area (Å²) in [5, 5.41) is 8.12. The number of ether oxygens (including phenoxy) is 3. The van der Waals surface area contributed by atoms with E-state index in [1.807, 2.05) is 0 Å². The van der Waals surface area contributed by atoms with Crippen LogP contribution in [0, 0.1) is 0 Å². The first-order valence-electron chi connectivity index (χ1n) is 8.63. The number of hydrogen-bond donors (Lipinski definition) is 3. The smallest absolute Gasteiger partial charge is 0.319 e. The van der Waals surface area contributed by atoms with Crippen LogP contribution in [0.15, 0.2) is 40.9 Å². The molecule has 0 unspecified atom stereocenters. The molecule has 0 bridgehead atoms. The number of rotatable bonds is 6. The van der Waals surface area contributed by atoms with Crippen molar-refractivity contribution in [3.8, 4) is 17.2 Å². The SMILES string of the molecule is COc1ccc(NC(=O)NCCC(=O)Nc2cc3c(cc2Br)OCCO3)cc1. The zero-order valence-corrected chi connectivity index (χ0v) is 16.8. The number of anilines is 2. The summed E-state index contributed by atoms with van der Waals surface area (Å²) in [5.41, 5.74) is 1.21. The maximum atomic E-state index is 12.2. The van der Waals surface area contributed by atoms with Gasteiger partial charge in [-0.1, -0.05) is 0 Å². The van der Waals surface area contributed by atoms with Gasteiger partial charge in [-0.2, -0.15) is 0 Å². The van der Waals surface area contributed by atoms with Gasteiger partial charge >= 0.3 is 6.03 Å². The number of nitrogens with one attached hydrogen (secondary N) is 3. The van der Waals surface area contributed by atoms with Crippen molar-refractivity contribution < 1.29 is 23.8 Å². The zero-order chi connectivity index (χ0) is 19.9. The lowest BCUT2D eigenvalue weighted by atomic mass is 10.2. The highest BCUT2D eigenvalue weighted by molar-refractivity contribution is 9.10. The number of urea groups is 1. The van der Waals surface area contributed by atoms with Crippen LogP contribution in [0.4, 0.5) is 16.2 Å². The van der Waals surface area contributed by atoms with E-state index in [1.165, 1.54) is 0 Å². The van der Waals surface area contributed by atoms with Crippen molar-refractivity contribution in [2.75, 3.05) is 37.5 Å². The quantitative estimate of drug-likeness (QED) is 0.627. The van der Waals surface area contributed by atoms with Gasteiger partial charge in [-0.3, -0.25) is 4.79 Å². The first-order valence-corrected chi connectivity index (χ1v) is 9.42. The van der Waals surface area contributed by atoms with Crippen LogP contribution >= 0.6 is 15.9 Å². The number of carbonyl (C=O) groups is 2.